The summed E-state index contributed by atoms with van der Waals surface area (Å²) < 4.78 is 22.9. The van der Waals surface area contributed by atoms with Gasteiger partial charge in [0.2, 0.25) is 0 Å². The Bertz CT molecular complexity index is 744. The summed E-state index contributed by atoms with van der Waals surface area (Å²) in [6.45, 7) is 7.46. The number of esters is 1. The van der Waals surface area contributed by atoms with Crippen LogP contribution in [0.15, 0.2) is 27.2 Å². The van der Waals surface area contributed by atoms with Gasteiger partial charge in [-0.3, -0.25) is 0 Å². The van der Waals surface area contributed by atoms with Crippen molar-refractivity contribution in [2.45, 2.75) is 46.5 Å². The second-order valence-corrected chi connectivity index (χ2v) is 6.83. The lowest BCUT2D eigenvalue weighted by Gasteiger charge is -2.14. The molecule has 0 spiro atoms. The number of carbonyl (C=O) groups excluding carboxylic acids is 1. The number of hydrogen-bond acceptors (Lipinski definition) is 6. The first-order chi connectivity index (χ1) is 13.1. The van der Waals surface area contributed by atoms with E-state index >= 15 is 0 Å². The Hall–Kier alpha value is -2.02. The molecule has 0 unspecified atom stereocenters. The van der Waals surface area contributed by atoms with Crippen LogP contribution in [0.3, 0.4) is 0 Å². The van der Waals surface area contributed by atoms with E-state index in [0.29, 0.717) is 36.0 Å². The first-order valence-electron chi connectivity index (χ1n) is 9.34. The lowest BCUT2D eigenvalue weighted by Crippen LogP contribution is -2.04. The molecule has 0 fully saturated rings. The molecule has 27 heavy (non-hydrogen) atoms. The van der Waals surface area contributed by atoms with Crippen LogP contribution >= 0.6 is 15.9 Å². The number of hydrogen-bond donors (Lipinski definition) is 0. The minimum absolute atomic E-state index is 0.130. The monoisotopic (exact) mass is 439 g/mol. The van der Waals surface area contributed by atoms with Gasteiger partial charge in [0.05, 0.1) is 29.9 Å². The van der Waals surface area contributed by atoms with Gasteiger partial charge in [0, 0.05) is 12.1 Å². The lowest BCUT2D eigenvalue weighted by atomic mass is 10.1. The zero-order valence-corrected chi connectivity index (χ0v) is 17.6. The van der Waals surface area contributed by atoms with E-state index in [1.165, 1.54) is 0 Å². The number of carbonyl (C=O) groups is 1. The fraction of sp³-hybridized carbons (Fsp3) is 0.500. The standard InChI is InChI=1S/C20H26BrNO5/c1-4-7-9-25-17-13-19(26-10-8-5-2)15(21)11-14(17)18-12-16(22-27-18)20(23)24-6-3/h11-13H,4-10H2,1-3H3. The zero-order valence-electron chi connectivity index (χ0n) is 16.0. The minimum atomic E-state index is -0.514. The molecule has 6 nitrogen and oxygen atoms in total. The van der Waals surface area contributed by atoms with Crippen LogP contribution in [0.4, 0.5) is 0 Å². The molecule has 0 saturated heterocycles. The first kappa shape index (κ1) is 21.3. The van der Waals surface area contributed by atoms with Crippen molar-refractivity contribution in [1.82, 2.24) is 5.16 Å². The highest BCUT2D eigenvalue weighted by Crippen LogP contribution is 2.39. The average Bonchev–Trinajstić information content (AvgIpc) is 3.14. The number of rotatable bonds is 11. The molecule has 0 bridgehead atoms. The Morgan fingerprint density at radius 3 is 2.33 bits per heavy atom. The third-order valence-corrected chi connectivity index (χ3v) is 4.42. The molecule has 7 heteroatoms. The van der Waals surface area contributed by atoms with E-state index in [4.69, 9.17) is 18.7 Å². The van der Waals surface area contributed by atoms with Crippen molar-refractivity contribution in [3.8, 4) is 22.8 Å². The Morgan fingerprint density at radius 1 is 1.04 bits per heavy atom. The topological polar surface area (TPSA) is 70.8 Å². The molecule has 0 saturated carbocycles. The fourth-order valence-corrected chi connectivity index (χ4v) is 2.77. The third-order valence-electron chi connectivity index (χ3n) is 3.81. The van der Waals surface area contributed by atoms with E-state index < -0.39 is 5.97 Å². The largest absolute Gasteiger partial charge is 0.493 e. The highest BCUT2D eigenvalue weighted by Gasteiger charge is 2.19. The fourth-order valence-electron chi connectivity index (χ4n) is 2.31. The summed E-state index contributed by atoms with van der Waals surface area (Å²) in [5.74, 6) is 1.26. The van der Waals surface area contributed by atoms with Crippen LogP contribution in [-0.4, -0.2) is 30.9 Å². The van der Waals surface area contributed by atoms with Crippen molar-refractivity contribution in [3.05, 3.63) is 28.4 Å². The maximum atomic E-state index is 11.8. The Kier molecular flexibility index (Phi) is 8.64. The SMILES string of the molecule is CCCCOc1cc(OCCCC)c(-c2cc(C(=O)OCC)no2)cc1Br. The number of ether oxygens (including phenoxy) is 3. The van der Waals surface area contributed by atoms with Gasteiger partial charge in [-0.2, -0.15) is 0 Å². The summed E-state index contributed by atoms with van der Waals surface area (Å²) in [4.78, 5) is 11.8. The zero-order chi connectivity index (χ0) is 19.6. The molecule has 148 valence electrons. The van der Waals surface area contributed by atoms with Crippen molar-refractivity contribution in [1.29, 1.82) is 0 Å². The van der Waals surface area contributed by atoms with Gasteiger partial charge in [0.25, 0.3) is 0 Å². The Balaban J connectivity index is 2.32. The number of unbranched alkanes of at least 4 members (excludes halogenated alkanes) is 2. The molecule has 0 atom stereocenters. The molecule has 0 amide bonds. The van der Waals surface area contributed by atoms with Crippen molar-refractivity contribution in [3.63, 3.8) is 0 Å². The van der Waals surface area contributed by atoms with Crippen LogP contribution in [0.2, 0.25) is 0 Å². The summed E-state index contributed by atoms with van der Waals surface area (Å²) in [5, 5.41) is 3.81. The Labute approximate surface area is 168 Å². The van der Waals surface area contributed by atoms with Crippen LogP contribution < -0.4 is 9.47 Å². The van der Waals surface area contributed by atoms with E-state index in [1.807, 2.05) is 12.1 Å². The van der Waals surface area contributed by atoms with E-state index in [-0.39, 0.29) is 12.3 Å². The van der Waals surface area contributed by atoms with Gasteiger partial charge in [-0.15, -0.1) is 0 Å². The molecule has 0 aliphatic carbocycles. The van der Waals surface area contributed by atoms with Gasteiger partial charge in [-0.05, 0) is 41.8 Å². The van der Waals surface area contributed by atoms with Gasteiger partial charge < -0.3 is 18.7 Å². The predicted molar refractivity (Wildman–Crippen MR) is 106 cm³/mol. The van der Waals surface area contributed by atoms with Crippen LogP contribution in [0.25, 0.3) is 11.3 Å². The van der Waals surface area contributed by atoms with Crippen LogP contribution in [0, 0.1) is 0 Å². The second kappa shape index (κ2) is 11.0. The molecular formula is C20H26BrNO5. The maximum Gasteiger partial charge on any atom is 0.360 e. The highest BCUT2D eigenvalue weighted by atomic mass is 79.9. The molecule has 1 aromatic carbocycles. The summed E-state index contributed by atoms with van der Waals surface area (Å²) in [5.41, 5.74) is 0.828. The van der Waals surface area contributed by atoms with Gasteiger partial charge >= 0.3 is 5.97 Å². The van der Waals surface area contributed by atoms with Gasteiger partial charge in [-0.25, -0.2) is 4.79 Å². The lowest BCUT2D eigenvalue weighted by molar-refractivity contribution is 0.0514. The van der Waals surface area contributed by atoms with Crippen LogP contribution in [0.1, 0.15) is 56.9 Å². The van der Waals surface area contributed by atoms with Crippen molar-refractivity contribution in [2.75, 3.05) is 19.8 Å². The summed E-state index contributed by atoms with van der Waals surface area (Å²) in [7, 11) is 0. The van der Waals surface area contributed by atoms with Crippen LogP contribution in [0.5, 0.6) is 11.5 Å². The highest BCUT2D eigenvalue weighted by molar-refractivity contribution is 9.10. The molecule has 1 heterocycles. The van der Waals surface area contributed by atoms with Crippen molar-refractivity contribution in [2.24, 2.45) is 0 Å². The van der Waals surface area contributed by atoms with Crippen molar-refractivity contribution < 1.29 is 23.5 Å². The maximum absolute atomic E-state index is 11.8. The van der Waals surface area contributed by atoms with E-state index in [1.54, 1.807) is 13.0 Å². The average molecular weight is 440 g/mol. The molecule has 2 aromatic rings. The summed E-state index contributed by atoms with van der Waals surface area (Å²) in [6.07, 6.45) is 4.00. The van der Waals surface area contributed by atoms with Gasteiger partial charge in [0.15, 0.2) is 11.5 Å². The Morgan fingerprint density at radius 2 is 1.70 bits per heavy atom. The number of aromatic nitrogens is 1. The number of halogens is 1. The van der Waals surface area contributed by atoms with Gasteiger partial charge in [-0.1, -0.05) is 31.8 Å². The van der Waals surface area contributed by atoms with E-state index in [9.17, 15) is 4.79 Å². The van der Waals surface area contributed by atoms with Crippen LogP contribution in [-0.2, 0) is 4.74 Å². The quantitative estimate of drug-likeness (QED) is 0.333. The smallest absolute Gasteiger partial charge is 0.360 e. The first-order valence-corrected chi connectivity index (χ1v) is 10.1. The van der Waals surface area contributed by atoms with Gasteiger partial charge in [0.1, 0.15) is 11.5 Å². The normalized spacial score (nSPS) is 10.7. The predicted octanol–water partition coefficient (Wildman–Crippen LogP) is 5.64. The minimum Gasteiger partial charge on any atom is -0.493 e. The molecule has 0 aliphatic heterocycles. The molecular weight excluding hydrogens is 414 g/mol. The summed E-state index contributed by atoms with van der Waals surface area (Å²) in [6, 6.07) is 5.26. The molecule has 0 N–H and O–H groups in total. The summed E-state index contributed by atoms with van der Waals surface area (Å²) >= 11 is 3.54. The second-order valence-electron chi connectivity index (χ2n) is 5.98. The van der Waals surface area contributed by atoms with Crippen molar-refractivity contribution >= 4 is 21.9 Å². The number of nitrogens with zero attached hydrogens (tertiary/aromatic N) is 1. The number of benzene rings is 1. The molecule has 0 aliphatic rings. The van der Waals surface area contributed by atoms with E-state index in [0.717, 1.165) is 30.2 Å². The van der Waals surface area contributed by atoms with E-state index in [2.05, 4.69) is 34.9 Å². The molecule has 2 rings (SSSR count). The third kappa shape index (κ3) is 5.99. The molecule has 1 aromatic heterocycles. The molecule has 0 radical (unpaired) electrons.